The number of aromatic nitrogens is 1. The number of benzene rings is 1. The number of hydrogen-bond acceptors (Lipinski definition) is 5. The lowest BCUT2D eigenvalue weighted by molar-refractivity contribution is -0.142. The Balaban J connectivity index is 1.78. The zero-order valence-corrected chi connectivity index (χ0v) is 20.8. The van der Waals surface area contributed by atoms with Gasteiger partial charge in [0.2, 0.25) is 5.91 Å². The molecule has 8 heteroatoms. The Morgan fingerprint density at radius 1 is 1.25 bits per heavy atom. The second-order valence-electron chi connectivity index (χ2n) is 7.85. The van der Waals surface area contributed by atoms with E-state index in [4.69, 9.17) is 9.47 Å². The average Bonchev–Trinajstić information content (AvgIpc) is 3.00. The van der Waals surface area contributed by atoms with Crippen molar-refractivity contribution in [3.63, 3.8) is 0 Å². The van der Waals surface area contributed by atoms with Crippen LogP contribution in [-0.4, -0.2) is 47.5 Å². The molecule has 2 heterocycles. The third-order valence-corrected chi connectivity index (χ3v) is 6.14. The maximum absolute atomic E-state index is 13.3. The number of nitrogens with zero attached hydrogens (tertiary/aromatic N) is 2. The van der Waals surface area contributed by atoms with E-state index in [1.165, 1.54) is 0 Å². The van der Waals surface area contributed by atoms with Crippen LogP contribution in [0.3, 0.4) is 0 Å². The van der Waals surface area contributed by atoms with Gasteiger partial charge in [0.25, 0.3) is 5.91 Å². The highest BCUT2D eigenvalue weighted by molar-refractivity contribution is 14.1. The van der Waals surface area contributed by atoms with Gasteiger partial charge in [-0.2, -0.15) is 0 Å². The quantitative estimate of drug-likeness (QED) is 0.378. The molecule has 32 heavy (non-hydrogen) atoms. The van der Waals surface area contributed by atoms with Crippen molar-refractivity contribution >= 4 is 34.4 Å². The Morgan fingerprint density at radius 3 is 2.84 bits per heavy atom. The molecule has 0 saturated carbocycles. The van der Waals surface area contributed by atoms with E-state index in [9.17, 15) is 9.59 Å². The molecule has 1 saturated heterocycles. The van der Waals surface area contributed by atoms with Crippen LogP contribution in [0.4, 0.5) is 0 Å². The lowest BCUT2D eigenvalue weighted by atomic mass is 10.1. The van der Waals surface area contributed by atoms with Gasteiger partial charge in [0.15, 0.2) is 12.4 Å². The fourth-order valence-corrected chi connectivity index (χ4v) is 4.17. The summed E-state index contributed by atoms with van der Waals surface area (Å²) in [5, 5.41) is 2.94. The Hall–Kier alpha value is -2.36. The SMILES string of the molecule is CCCOc1ccc(CN(C(=O)COc2cccnc2I)[C@H]2CCCCNC2=O)cc1C. The van der Waals surface area contributed by atoms with Gasteiger partial charge >= 0.3 is 0 Å². The van der Waals surface area contributed by atoms with E-state index in [1.54, 1.807) is 23.2 Å². The van der Waals surface area contributed by atoms with Crippen LogP contribution in [0.1, 0.15) is 43.7 Å². The molecule has 1 atom stereocenters. The number of ether oxygens (including phenoxy) is 2. The fraction of sp³-hybridized carbons (Fsp3) is 0.458. The zero-order valence-electron chi connectivity index (χ0n) is 18.6. The molecule has 1 aliphatic rings. The number of hydrogen-bond donors (Lipinski definition) is 1. The molecule has 7 nitrogen and oxygen atoms in total. The molecule has 1 aromatic heterocycles. The van der Waals surface area contributed by atoms with Gasteiger partial charge in [-0.1, -0.05) is 19.1 Å². The van der Waals surface area contributed by atoms with Crippen LogP contribution in [0.5, 0.6) is 11.5 Å². The molecule has 1 aromatic carbocycles. The highest BCUT2D eigenvalue weighted by Crippen LogP contribution is 2.23. The molecule has 2 amide bonds. The van der Waals surface area contributed by atoms with Gasteiger partial charge in [-0.3, -0.25) is 9.59 Å². The fourth-order valence-electron chi connectivity index (χ4n) is 3.67. The lowest BCUT2D eigenvalue weighted by Gasteiger charge is -2.30. The predicted molar refractivity (Wildman–Crippen MR) is 131 cm³/mol. The number of amides is 2. The minimum Gasteiger partial charge on any atom is -0.493 e. The lowest BCUT2D eigenvalue weighted by Crippen LogP contribution is -2.49. The number of pyridine rings is 1. The van der Waals surface area contributed by atoms with Gasteiger partial charge in [-0.05, 0) is 84.5 Å². The van der Waals surface area contributed by atoms with Crippen molar-refractivity contribution in [2.24, 2.45) is 0 Å². The first kappa shape index (κ1) is 24.3. The predicted octanol–water partition coefficient (Wildman–Crippen LogP) is 3.86. The number of halogens is 1. The van der Waals surface area contributed by atoms with E-state index in [0.717, 1.165) is 36.1 Å². The monoisotopic (exact) mass is 551 g/mol. The van der Waals surface area contributed by atoms with Crippen LogP contribution in [0.25, 0.3) is 0 Å². The molecular weight excluding hydrogens is 521 g/mol. The van der Waals surface area contributed by atoms with Crippen LogP contribution in [0, 0.1) is 10.6 Å². The highest BCUT2D eigenvalue weighted by Gasteiger charge is 2.31. The van der Waals surface area contributed by atoms with E-state index in [0.29, 0.717) is 35.6 Å². The van der Waals surface area contributed by atoms with Gasteiger partial charge in [-0.15, -0.1) is 0 Å². The summed E-state index contributed by atoms with van der Waals surface area (Å²) in [4.78, 5) is 31.8. The topological polar surface area (TPSA) is 80.8 Å². The van der Waals surface area contributed by atoms with Crippen molar-refractivity contribution in [2.45, 2.75) is 52.1 Å². The number of aryl methyl sites for hydroxylation is 1. The van der Waals surface area contributed by atoms with E-state index < -0.39 is 6.04 Å². The Bertz CT molecular complexity index is 937. The summed E-state index contributed by atoms with van der Waals surface area (Å²) in [6.45, 7) is 5.55. The van der Waals surface area contributed by atoms with Gasteiger partial charge < -0.3 is 19.7 Å². The van der Waals surface area contributed by atoms with Crippen molar-refractivity contribution in [1.29, 1.82) is 0 Å². The largest absolute Gasteiger partial charge is 0.493 e. The molecule has 1 fully saturated rings. The van der Waals surface area contributed by atoms with Gasteiger partial charge in [0, 0.05) is 19.3 Å². The highest BCUT2D eigenvalue weighted by atomic mass is 127. The van der Waals surface area contributed by atoms with Crippen molar-refractivity contribution < 1.29 is 19.1 Å². The van der Waals surface area contributed by atoms with Crippen LogP contribution >= 0.6 is 22.6 Å². The second kappa shape index (κ2) is 12.0. The number of carbonyl (C=O) groups excluding carboxylic acids is 2. The van der Waals surface area contributed by atoms with Crippen molar-refractivity contribution in [2.75, 3.05) is 19.8 Å². The van der Waals surface area contributed by atoms with Crippen LogP contribution < -0.4 is 14.8 Å². The smallest absolute Gasteiger partial charge is 0.261 e. The van der Waals surface area contributed by atoms with Crippen LogP contribution in [0.2, 0.25) is 0 Å². The summed E-state index contributed by atoms with van der Waals surface area (Å²) >= 11 is 2.07. The Labute approximate surface area is 203 Å². The summed E-state index contributed by atoms with van der Waals surface area (Å²) in [6, 6.07) is 8.94. The zero-order chi connectivity index (χ0) is 22.9. The first-order valence-electron chi connectivity index (χ1n) is 11.0. The molecule has 1 N–H and O–H groups in total. The number of rotatable bonds is 9. The molecule has 3 rings (SSSR count). The summed E-state index contributed by atoms with van der Waals surface area (Å²) < 4.78 is 12.2. The maximum atomic E-state index is 13.3. The third-order valence-electron chi connectivity index (χ3n) is 5.33. The minimum atomic E-state index is -0.516. The summed E-state index contributed by atoms with van der Waals surface area (Å²) in [6.07, 6.45) is 5.05. The maximum Gasteiger partial charge on any atom is 0.261 e. The Morgan fingerprint density at radius 2 is 2.09 bits per heavy atom. The normalized spacial score (nSPS) is 16.1. The number of carbonyl (C=O) groups is 2. The van der Waals surface area contributed by atoms with Gasteiger partial charge in [0.1, 0.15) is 15.5 Å². The number of nitrogens with one attached hydrogen (secondary N) is 1. The summed E-state index contributed by atoms with van der Waals surface area (Å²) in [5.41, 5.74) is 1.96. The van der Waals surface area contributed by atoms with Crippen molar-refractivity contribution in [3.8, 4) is 11.5 Å². The molecule has 0 radical (unpaired) electrons. The molecule has 172 valence electrons. The molecular formula is C24H30IN3O4. The Kier molecular flexibility index (Phi) is 9.13. The molecule has 0 unspecified atom stereocenters. The van der Waals surface area contributed by atoms with Crippen LogP contribution in [0.15, 0.2) is 36.5 Å². The van der Waals surface area contributed by atoms with Crippen LogP contribution in [-0.2, 0) is 16.1 Å². The third kappa shape index (κ3) is 6.57. The second-order valence-corrected chi connectivity index (χ2v) is 8.88. The van der Waals surface area contributed by atoms with E-state index >= 15 is 0 Å². The molecule has 0 spiro atoms. The molecule has 0 bridgehead atoms. The summed E-state index contributed by atoms with van der Waals surface area (Å²) in [7, 11) is 0. The van der Waals surface area contributed by atoms with Gasteiger partial charge in [0.05, 0.1) is 6.61 Å². The summed E-state index contributed by atoms with van der Waals surface area (Å²) in [5.74, 6) is 1.07. The molecule has 1 aliphatic heterocycles. The minimum absolute atomic E-state index is 0.105. The van der Waals surface area contributed by atoms with E-state index in [-0.39, 0.29) is 18.4 Å². The van der Waals surface area contributed by atoms with Crippen molar-refractivity contribution in [1.82, 2.24) is 15.2 Å². The van der Waals surface area contributed by atoms with Gasteiger partial charge in [-0.25, -0.2) is 4.98 Å². The molecule has 2 aromatic rings. The average molecular weight is 551 g/mol. The first-order chi connectivity index (χ1) is 15.5. The van der Waals surface area contributed by atoms with E-state index in [2.05, 4.69) is 39.8 Å². The van der Waals surface area contributed by atoms with E-state index in [1.807, 2.05) is 25.1 Å². The molecule has 0 aliphatic carbocycles. The standard InChI is InChI=1S/C24H30IN3O4/c1-3-13-31-20-10-9-18(14-17(20)2)15-28(19-7-4-5-11-27-24(19)30)22(29)16-32-21-8-6-12-26-23(21)25/h6,8-10,12,14,19H,3-5,7,11,13,15-16H2,1-2H3,(H,27,30)/t19-/m0/s1. The first-order valence-corrected chi connectivity index (χ1v) is 12.1. The van der Waals surface area contributed by atoms with Crippen molar-refractivity contribution in [3.05, 3.63) is 51.4 Å².